The molecule has 130 valence electrons. The van der Waals surface area contributed by atoms with Crippen molar-refractivity contribution in [3.63, 3.8) is 0 Å². The van der Waals surface area contributed by atoms with Crippen molar-refractivity contribution in [1.82, 2.24) is 5.16 Å². The maximum absolute atomic E-state index is 11.9. The lowest BCUT2D eigenvalue weighted by Crippen LogP contribution is -2.18. The fourth-order valence-electron chi connectivity index (χ4n) is 2.16. The van der Waals surface area contributed by atoms with Crippen molar-refractivity contribution in [3.05, 3.63) is 53.5 Å². The van der Waals surface area contributed by atoms with Crippen LogP contribution in [0.2, 0.25) is 0 Å². The Kier molecular flexibility index (Phi) is 5.81. The third-order valence-corrected chi connectivity index (χ3v) is 4.14. The normalized spacial score (nSPS) is 10.6. The van der Waals surface area contributed by atoms with E-state index < -0.39 is 0 Å². The van der Waals surface area contributed by atoms with Crippen LogP contribution in [0.25, 0.3) is 10.6 Å². The van der Waals surface area contributed by atoms with E-state index in [1.54, 1.807) is 23.5 Å². The summed E-state index contributed by atoms with van der Waals surface area (Å²) in [6.45, 7) is 2.68. The molecule has 2 aromatic heterocycles. The minimum Gasteiger partial charge on any atom is -0.494 e. The number of hydrogen-bond donors (Lipinski definition) is 1. The van der Waals surface area contributed by atoms with Gasteiger partial charge in [0.2, 0.25) is 5.91 Å². The highest BCUT2D eigenvalue weighted by Crippen LogP contribution is 2.25. The minimum absolute atomic E-state index is 0.0611. The molecular weight excluding hydrogens is 340 g/mol. The molecule has 1 N–H and O–H groups in total. The third kappa shape index (κ3) is 4.91. The number of nitrogens with zero attached hydrogens (tertiary/aromatic N) is 1. The molecule has 0 atom stereocenters. The molecule has 2 heterocycles. The van der Waals surface area contributed by atoms with Gasteiger partial charge in [0.25, 0.3) is 0 Å². The molecule has 0 bridgehead atoms. The maximum atomic E-state index is 11.9. The van der Waals surface area contributed by atoms with Gasteiger partial charge in [-0.05, 0) is 42.6 Å². The Morgan fingerprint density at radius 2 is 2.12 bits per heavy atom. The second-order valence-electron chi connectivity index (χ2n) is 5.16. The number of rotatable bonds is 8. The van der Waals surface area contributed by atoms with E-state index in [4.69, 9.17) is 14.0 Å². The molecule has 0 saturated heterocycles. The van der Waals surface area contributed by atoms with Crippen LogP contribution in [-0.4, -0.2) is 24.3 Å². The second kappa shape index (κ2) is 8.46. The molecule has 0 aliphatic carbocycles. The van der Waals surface area contributed by atoms with Crippen LogP contribution in [0.3, 0.4) is 0 Å². The first-order valence-corrected chi connectivity index (χ1v) is 8.72. The lowest BCUT2D eigenvalue weighted by atomic mass is 10.3. The van der Waals surface area contributed by atoms with E-state index in [-0.39, 0.29) is 19.1 Å². The van der Waals surface area contributed by atoms with Crippen molar-refractivity contribution in [2.75, 3.05) is 18.5 Å². The molecule has 0 saturated carbocycles. The van der Waals surface area contributed by atoms with Crippen LogP contribution in [0.15, 0.2) is 52.4 Å². The summed E-state index contributed by atoms with van der Waals surface area (Å²) in [4.78, 5) is 12.9. The van der Waals surface area contributed by atoms with Crippen molar-refractivity contribution in [3.8, 4) is 16.4 Å². The molecule has 25 heavy (non-hydrogen) atoms. The van der Waals surface area contributed by atoms with E-state index in [0.717, 1.165) is 10.6 Å². The first-order valence-electron chi connectivity index (χ1n) is 7.84. The first-order chi connectivity index (χ1) is 12.2. The predicted molar refractivity (Wildman–Crippen MR) is 95.7 cm³/mol. The zero-order valence-electron chi connectivity index (χ0n) is 13.7. The van der Waals surface area contributed by atoms with Crippen LogP contribution in [0.5, 0.6) is 5.75 Å². The van der Waals surface area contributed by atoms with Gasteiger partial charge in [0.1, 0.15) is 18.1 Å². The summed E-state index contributed by atoms with van der Waals surface area (Å²) in [7, 11) is 0. The van der Waals surface area contributed by atoms with Crippen LogP contribution in [0.4, 0.5) is 5.69 Å². The maximum Gasteiger partial charge on any atom is 0.250 e. The Balaban J connectivity index is 1.43. The van der Waals surface area contributed by atoms with Gasteiger partial charge in [0.05, 0.1) is 18.1 Å². The highest BCUT2D eigenvalue weighted by Gasteiger charge is 2.09. The van der Waals surface area contributed by atoms with E-state index in [0.29, 0.717) is 23.7 Å². The Bertz CT molecular complexity index is 797. The van der Waals surface area contributed by atoms with Crippen LogP contribution < -0.4 is 10.1 Å². The molecule has 0 aliphatic heterocycles. The van der Waals surface area contributed by atoms with Gasteiger partial charge in [-0.25, -0.2) is 0 Å². The van der Waals surface area contributed by atoms with Gasteiger partial charge in [-0.3, -0.25) is 4.79 Å². The molecular formula is C18H18N2O4S. The number of ether oxygens (including phenoxy) is 2. The predicted octanol–water partition coefficient (Wildman–Crippen LogP) is 3.96. The van der Waals surface area contributed by atoms with Gasteiger partial charge in [-0.2, -0.15) is 0 Å². The fourth-order valence-corrected chi connectivity index (χ4v) is 2.83. The summed E-state index contributed by atoms with van der Waals surface area (Å²) >= 11 is 1.58. The molecule has 0 aliphatic rings. The molecule has 3 aromatic rings. The van der Waals surface area contributed by atoms with Crippen LogP contribution in [0.1, 0.15) is 12.6 Å². The topological polar surface area (TPSA) is 73.6 Å². The molecule has 0 unspecified atom stereocenters. The second-order valence-corrected chi connectivity index (χ2v) is 6.11. The number of carbonyl (C=O) groups excluding carboxylic acids is 1. The summed E-state index contributed by atoms with van der Waals surface area (Å²) in [5.41, 5.74) is 1.34. The van der Waals surface area contributed by atoms with Gasteiger partial charge in [-0.1, -0.05) is 11.2 Å². The van der Waals surface area contributed by atoms with Crippen molar-refractivity contribution in [2.24, 2.45) is 0 Å². The summed E-state index contributed by atoms with van der Waals surface area (Å²) in [6, 6.07) is 12.9. The summed E-state index contributed by atoms with van der Waals surface area (Å²) < 4.78 is 16.0. The van der Waals surface area contributed by atoms with Crippen molar-refractivity contribution in [1.29, 1.82) is 0 Å². The van der Waals surface area contributed by atoms with Crippen LogP contribution in [-0.2, 0) is 16.1 Å². The Morgan fingerprint density at radius 3 is 2.84 bits per heavy atom. The van der Waals surface area contributed by atoms with Gasteiger partial charge < -0.3 is 19.3 Å². The van der Waals surface area contributed by atoms with E-state index in [2.05, 4.69) is 10.5 Å². The zero-order chi connectivity index (χ0) is 17.5. The highest BCUT2D eigenvalue weighted by atomic mass is 32.1. The monoisotopic (exact) mass is 358 g/mol. The average Bonchev–Trinajstić information content (AvgIpc) is 3.28. The number of amides is 1. The number of benzene rings is 1. The number of nitrogens with one attached hydrogen (secondary N) is 1. The quantitative estimate of drug-likeness (QED) is 0.660. The highest BCUT2D eigenvalue weighted by molar-refractivity contribution is 7.13. The Labute approximate surface area is 149 Å². The van der Waals surface area contributed by atoms with E-state index in [1.165, 1.54) is 0 Å². The van der Waals surface area contributed by atoms with E-state index in [1.807, 2.05) is 42.6 Å². The SMILES string of the molecule is CCOc1ccc(NC(=O)COCc2cc(-c3cccs3)on2)cc1. The zero-order valence-corrected chi connectivity index (χ0v) is 14.5. The standard InChI is InChI=1S/C18H18N2O4S/c1-2-23-15-7-5-13(6-8-15)19-18(21)12-22-11-14-10-16(24-20-14)17-4-3-9-25-17/h3-10H,2,11-12H2,1H3,(H,19,21). The smallest absolute Gasteiger partial charge is 0.250 e. The summed E-state index contributed by atoms with van der Waals surface area (Å²) in [6.07, 6.45) is 0. The molecule has 7 heteroatoms. The van der Waals surface area contributed by atoms with Crippen LogP contribution in [0, 0.1) is 0 Å². The number of carbonyl (C=O) groups is 1. The van der Waals surface area contributed by atoms with Crippen molar-refractivity contribution < 1.29 is 18.8 Å². The van der Waals surface area contributed by atoms with Gasteiger partial charge >= 0.3 is 0 Å². The molecule has 3 rings (SSSR count). The number of anilines is 1. The van der Waals surface area contributed by atoms with Gasteiger partial charge in [-0.15, -0.1) is 11.3 Å². The van der Waals surface area contributed by atoms with E-state index in [9.17, 15) is 4.79 Å². The number of aromatic nitrogens is 1. The Morgan fingerprint density at radius 1 is 1.28 bits per heavy atom. The van der Waals surface area contributed by atoms with Crippen molar-refractivity contribution in [2.45, 2.75) is 13.5 Å². The average molecular weight is 358 g/mol. The summed E-state index contributed by atoms with van der Waals surface area (Å²) in [5, 5.41) is 8.68. The molecule has 0 radical (unpaired) electrons. The largest absolute Gasteiger partial charge is 0.494 e. The molecule has 6 nitrogen and oxygen atoms in total. The molecule has 0 spiro atoms. The summed E-state index contributed by atoms with van der Waals surface area (Å²) in [5.74, 6) is 1.24. The van der Waals surface area contributed by atoms with Gasteiger partial charge in [0, 0.05) is 11.8 Å². The molecule has 1 amide bonds. The lowest BCUT2D eigenvalue weighted by Gasteiger charge is -2.07. The van der Waals surface area contributed by atoms with Crippen molar-refractivity contribution >= 4 is 22.9 Å². The van der Waals surface area contributed by atoms with Crippen LogP contribution >= 0.6 is 11.3 Å². The lowest BCUT2D eigenvalue weighted by molar-refractivity contribution is -0.121. The molecule has 1 aromatic carbocycles. The fraction of sp³-hybridized carbons (Fsp3) is 0.222. The van der Waals surface area contributed by atoms with Gasteiger partial charge in [0.15, 0.2) is 5.76 Å². The Hall–Kier alpha value is -2.64. The molecule has 0 fully saturated rings. The third-order valence-electron chi connectivity index (χ3n) is 3.26. The first kappa shape index (κ1) is 17.2. The van der Waals surface area contributed by atoms with E-state index >= 15 is 0 Å². The minimum atomic E-state index is -0.230. The number of thiophene rings is 1. The number of hydrogen-bond acceptors (Lipinski definition) is 6.